The minimum Gasteiger partial charge on any atom is -0.318 e. The normalized spacial score (nSPS) is 13.6. The van der Waals surface area contributed by atoms with Crippen LogP contribution in [0.2, 0.25) is 0 Å². The fourth-order valence-electron chi connectivity index (χ4n) is 0.0718. The van der Waals surface area contributed by atoms with E-state index < -0.39 is 12.1 Å². The Kier molecular flexibility index (Phi) is 2.95. The monoisotopic (exact) mass is 123 g/mol. The molecule has 0 fully saturated rings. The molecule has 0 saturated carbocycles. The summed E-state index contributed by atoms with van der Waals surface area (Å²) in [4.78, 5) is 9.53. The first kappa shape index (κ1) is 6.91. The summed E-state index contributed by atoms with van der Waals surface area (Å²) in [6.07, 6.45) is 0. The van der Waals surface area contributed by atoms with E-state index >= 15 is 0 Å². The summed E-state index contributed by atoms with van der Waals surface area (Å²) in [5.74, 6) is 0.0648. The van der Waals surface area contributed by atoms with Crippen molar-refractivity contribution in [2.45, 2.75) is 6.04 Å². The van der Waals surface area contributed by atoms with Crippen LogP contribution in [0.5, 0.6) is 0 Å². The molecular formula is C3H6FNOS. The first-order chi connectivity index (χ1) is 3.18. The average Bonchev–Trinajstić information content (AvgIpc) is 1.65. The fourth-order valence-corrected chi connectivity index (χ4v) is 0.215. The van der Waals surface area contributed by atoms with Crippen molar-refractivity contribution in [1.82, 2.24) is 0 Å². The molecule has 0 aromatic heterocycles. The van der Waals surface area contributed by atoms with Crippen molar-refractivity contribution in [2.75, 3.05) is 5.75 Å². The summed E-state index contributed by atoms with van der Waals surface area (Å²) in [5, 5.41) is 0. The first-order valence-electron chi connectivity index (χ1n) is 1.74. The zero-order valence-electron chi connectivity index (χ0n) is 3.60. The van der Waals surface area contributed by atoms with Crippen LogP contribution < -0.4 is 5.73 Å². The zero-order chi connectivity index (χ0) is 5.86. The van der Waals surface area contributed by atoms with Crippen LogP contribution >= 0.6 is 12.6 Å². The van der Waals surface area contributed by atoms with Crippen LogP contribution in [0, 0.1) is 0 Å². The zero-order valence-corrected chi connectivity index (χ0v) is 4.49. The van der Waals surface area contributed by atoms with E-state index in [9.17, 15) is 9.18 Å². The second-order valence-electron chi connectivity index (χ2n) is 1.09. The van der Waals surface area contributed by atoms with Gasteiger partial charge in [0.15, 0.2) is 0 Å². The van der Waals surface area contributed by atoms with Crippen molar-refractivity contribution in [1.29, 1.82) is 0 Å². The predicted octanol–water partition coefficient (Wildman–Crippen LogP) is -0.260. The molecule has 0 unspecified atom stereocenters. The number of thiol groups is 1. The lowest BCUT2D eigenvalue weighted by Crippen LogP contribution is -2.28. The SMILES string of the molecule is N[C@H](CS)C(=O)F. The first-order valence-corrected chi connectivity index (χ1v) is 2.37. The van der Waals surface area contributed by atoms with Crippen LogP contribution in [0.15, 0.2) is 0 Å². The number of rotatable bonds is 2. The highest BCUT2D eigenvalue weighted by Crippen LogP contribution is 1.84. The highest BCUT2D eigenvalue weighted by Gasteiger charge is 2.07. The second kappa shape index (κ2) is 2.98. The molecule has 0 bridgehead atoms. The van der Waals surface area contributed by atoms with Crippen molar-refractivity contribution < 1.29 is 9.18 Å². The van der Waals surface area contributed by atoms with Crippen molar-refractivity contribution in [3.8, 4) is 0 Å². The van der Waals surface area contributed by atoms with Crippen LogP contribution in [-0.4, -0.2) is 17.8 Å². The molecule has 0 saturated heterocycles. The maximum atomic E-state index is 11.3. The minimum atomic E-state index is -1.50. The fraction of sp³-hybridized carbons (Fsp3) is 0.667. The van der Waals surface area contributed by atoms with Gasteiger partial charge in [-0.05, 0) is 0 Å². The number of carbonyl (C=O) groups is 1. The molecule has 0 aliphatic heterocycles. The van der Waals surface area contributed by atoms with Gasteiger partial charge < -0.3 is 5.73 Å². The summed E-state index contributed by atoms with van der Waals surface area (Å²) in [7, 11) is 0. The van der Waals surface area contributed by atoms with E-state index in [4.69, 9.17) is 5.73 Å². The summed E-state index contributed by atoms with van der Waals surface area (Å²) in [5.41, 5.74) is 4.81. The van der Waals surface area contributed by atoms with E-state index in [0.29, 0.717) is 0 Å². The Hall–Kier alpha value is -0.0900. The lowest BCUT2D eigenvalue weighted by molar-refractivity contribution is -0.130. The highest BCUT2D eigenvalue weighted by atomic mass is 32.1. The Morgan fingerprint density at radius 3 is 2.43 bits per heavy atom. The number of nitrogens with two attached hydrogens (primary N) is 1. The van der Waals surface area contributed by atoms with E-state index in [1.807, 2.05) is 0 Å². The van der Waals surface area contributed by atoms with Gasteiger partial charge >= 0.3 is 6.04 Å². The molecule has 0 rings (SSSR count). The Morgan fingerprint density at radius 1 is 2.00 bits per heavy atom. The van der Waals surface area contributed by atoms with Crippen LogP contribution in [-0.2, 0) is 4.79 Å². The molecule has 0 heterocycles. The standard InChI is InChI=1S/C3H6FNOS/c4-3(6)2(5)1-7/h2,7H,1,5H2/t2-/m1/s1. The minimum absolute atomic E-state index is 0.0648. The maximum absolute atomic E-state index is 11.3. The Bertz CT molecular complexity index is 77.3. The summed E-state index contributed by atoms with van der Waals surface area (Å²) in [6, 6.07) is -2.54. The molecule has 2 N–H and O–H groups in total. The number of halogens is 1. The quantitative estimate of drug-likeness (QED) is 0.392. The predicted molar refractivity (Wildman–Crippen MR) is 27.9 cm³/mol. The van der Waals surface area contributed by atoms with Crippen molar-refractivity contribution in [3.63, 3.8) is 0 Å². The van der Waals surface area contributed by atoms with Gasteiger partial charge in [-0.2, -0.15) is 17.0 Å². The third kappa shape index (κ3) is 2.59. The average molecular weight is 123 g/mol. The Balaban J connectivity index is 3.34. The van der Waals surface area contributed by atoms with Gasteiger partial charge in [0.05, 0.1) is 0 Å². The van der Waals surface area contributed by atoms with Crippen LogP contribution in [0.1, 0.15) is 0 Å². The highest BCUT2D eigenvalue weighted by molar-refractivity contribution is 7.80. The van der Waals surface area contributed by atoms with E-state index in [1.165, 1.54) is 0 Å². The molecule has 7 heavy (non-hydrogen) atoms. The Morgan fingerprint density at radius 2 is 2.43 bits per heavy atom. The number of hydrogen-bond acceptors (Lipinski definition) is 3. The van der Waals surface area contributed by atoms with E-state index in [0.717, 1.165) is 0 Å². The van der Waals surface area contributed by atoms with Crippen molar-refractivity contribution >= 4 is 18.7 Å². The molecule has 2 nitrogen and oxygen atoms in total. The summed E-state index contributed by atoms with van der Waals surface area (Å²) >= 11 is 3.57. The van der Waals surface area contributed by atoms with Gasteiger partial charge in [-0.3, -0.25) is 4.79 Å². The molecule has 0 aromatic carbocycles. The van der Waals surface area contributed by atoms with E-state index in [2.05, 4.69) is 12.6 Å². The van der Waals surface area contributed by atoms with Crippen molar-refractivity contribution in [3.05, 3.63) is 0 Å². The van der Waals surface area contributed by atoms with Gasteiger partial charge in [0.2, 0.25) is 0 Å². The number of hydrogen-bond donors (Lipinski definition) is 2. The summed E-state index contributed by atoms with van der Waals surface area (Å²) in [6.45, 7) is 0. The molecule has 42 valence electrons. The lowest BCUT2D eigenvalue weighted by atomic mass is 10.4. The number of carbonyl (C=O) groups excluding carboxylic acids is 1. The van der Waals surface area contributed by atoms with Crippen LogP contribution in [0.4, 0.5) is 4.39 Å². The van der Waals surface area contributed by atoms with Gasteiger partial charge in [-0.1, -0.05) is 0 Å². The van der Waals surface area contributed by atoms with Gasteiger partial charge in [-0.15, -0.1) is 0 Å². The molecule has 0 aromatic rings. The molecule has 4 heteroatoms. The largest absolute Gasteiger partial charge is 0.318 e. The van der Waals surface area contributed by atoms with Crippen LogP contribution in [0.25, 0.3) is 0 Å². The third-order valence-electron chi connectivity index (χ3n) is 0.488. The van der Waals surface area contributed by atoms with Gasteiger partial charge in [-0.25, -0.2) is 0 Å². The second-order valence-corrected chi connectivity index (χ2v) is 1.46. The van der Waals surface area contributed by atoms with Crippen molar-refractivity contribution in [2.24, 2.45) is 5.73 Å². The molecule has 0 amide bonds. The van der Waals surface area contributed by atoms with E-state index in [1.54, 1.807) is 0 Å². The smallest absolute Gasteiger partial charge is 0.318 e. The molecule has 1 atom stereocenters. The molecule has 0 aliphatic rings. The lowest BCUT2D eigenvalue weighted by Gasteiger charge is -1.94. The molecule has 0 radical (unpaired) electrons. The van der Waals surface area contributed by atoms with E-state index in [-0.39, 0.29) is 5.75 Å². The molecular weight excluding hydrogens is 117 g/mol. The van der Waals surface area contributed by atoms with Gasteiger partial charge in [0, 0.05) is 5.75 Å². The van der Waals surface area contributed by atoms with Gasteiger partial charge in [0.25, 0.3) is 0 Å². The van der Waals surface area contributed by atoms with Crippen LogP contribution in [0.3, 0.4) is 0 Å². The molecule has 0 spiro atoms. The Labute approximate surface area is 46.3 Å². The molecule has 0 aliphatic carbocycles. The maximum Gasteiger partial charge on any atom is 0.318 e. The summed E-state index contributed by atoms with van der Waals surface area (Å²) < 4.78 is 11.3. The van der Waals surface area contributed by atoms with Gasteiger partial charge in [0.1, 0.15) is 6.04 Å². The topological polar surface area (TPSA) is 43.1 Å². The third-order valence-corrected chi connectivity index (χ3v) is 0.882.